The zero-order valence-corrected chi connectivity index (χ0v) is 12.3. The van der Waals surface area contributed by atoms with E-state index in [1.165, 1.54) is 0 Å². The molecule has 0 N–H and O–H groups in total. The topological polar surface area (TPSA) is 53.7 Å². The number of aryl methyl sites for hydroxylation is 1. The predicted octanol–water partition coefficient (Wildman–Crippen LogP) is 2.99. The molecule has 5 nitrogen and oxygen atoms in total. The lowest BCUT2D eigenvalue weighted by molar-refractivity contribution is 0.0351. The van der Waals surface area contributed by atoms with Crippen molar-refractivity contribution < 1.29 is 18.7 Å². The van der Waals surface area contributed by atoms with Gasteiger partial charge in [0, 0.05) is 19.1 Å². The zero-order chi connectivity index (χ0) is 14.8. The van der Waals surface area contributed by atoms with Crippen molar-refractivity contribution in [2.24, 2.45) is 0 Å². The normalized spacial score (nSPS) is 10.7. The first-order valence-corrected chi connectivity index (χ1v) is 7.10. The Hall–Kier alpha value is -1.85. The summed E-state index contributed by atoms with van der Waals surface area (Å²) in [5.74, 6) is 1.69. The van der Waals surface area contributed by atoms with E-state index in [0.717, 1.165) is 23.6 Å². The standard InChI is InChI=1S/C16H21NO4/c1-14-12-15(17-21-14)13-19-11-10-18-8-5-9-20-16-6-3-2-4-7-16/h2-4,6-7,12H,5,8-11,13H2,1H3. The van der Waals surface area contributed by atoms with Crippen LogP contribution in [0.15, 0.2) is 40.9 Å². The summed E-state index contributed by atoms with van der Waals surface area (Å²) >= 11 is 0. The third-order valence-electron chi connectivity index (χ3n) is 2.74. The van der Waals surface area contributed by atoms with Gasteiger partial charge in [0.05, 0.1) is 26.4 Å². The van der Waals surface area contributed by atoms with Crippen molar-refractivity contribution in [3.05, 3.63) is 47.9 Å². The number of benzene rings is 1. The summed E-state index contributed by atoms with van der Waals surface area (Å²) < 4.78 is 21.4. The molecule has 2 rings (SSSR count). The highest BCUT2D eigenvalue weighted by atomic mass is 16.5. The summed E-state index contributed by atoms with van der Waals surface area (Å²) in [7, 11) is 0. The van der Waals surface area contributed by atoms with E-state index in [1.807, 2.05) is 43.3 Å². The fourth-order valence-corrected chi connectivity index (χ4v) is 1.75. The highest BCUT2D eigenvalue weighted by Crippen LogP contribution is 2.08. The molecule has 0 bridgehead atoms. The monoisotopic (exact) mass is 291 g/mol. The fourth-order valence-electron chi connectivity index (χ4n) is 1.75. The second-order valence-electron chi connectivity index (χ2n) is 4.61. The van der Waals surface area contributed by atoms with Crippen molar-refractivity contribution in [2.45, 2.75) is 20.0 Å². The van der Waals surface area contributed by atoms with Gasteiger partial charge in [-0.15, -0.1) is 0 Å². The number of hydrogen-bond donors (Lipinski definition) is 0. The van der Waals surface area contributed by atoms with Gasteiger partial charge in [0.25, 0.3) is 0 Å². The Bertz CT molecular complexity index is 498. The van der Waals surface area contributed by atoms with Crippen LogP contribution < -0.4 is 4.74 Å². The molecule has 0 spiro atoms. The van der Waals surface area contributed by atoms with Crippen LogP contribution in [0.1, 0.15) is 17.9 Å². The van der Waals surface area contributed by atoms with Gasteiger partial charge < -0.3 is 18.7 Å². The van der Waals surface area contributed by atoms with Gasteiger partial charge in [-0.1, -0.05) is 23.4 Å². The Morgan fingerprint density at radius 3 is 2.57 bits per heavy atom. The maximum atomic E-state index is 5.56. The molecule has 1 heterocycles. The van der Waals surface area contributed by atoms with Gasteiger partial charge in [0.1, 0.15) is 17.2 Å². The van der Waals surface area contributed by atoms with Crippen LogP contribution in [0.4, 0.5) is 0 Å². The molecule has 114 valence electrons. The summed E-state index contributed by atoms with van der Waals surface area (Å²) in [4.78, 5) is 0. The lowest BCUT2D eigenvalue weighted by atomic mass is 10.3. The van der Waals surface area contributed by atoms with E-state index in [-0.39, 0.29) is 0 Å². The van der Waals surface area contributed by atoms with E-state index in [0.29, 0.717) is 33.0 Å². The van der Waals surface area contributed by atoms with Gasteiger partial charge in [-0.05, 0) is 19.1 Å². The maximum Gasteiger partial charge on any atom is 0.134 e. The molecule has 1 aromatic carbocycles. The minimum atomic E-state index is 0.456. The summed E-state index contributed by atoms with van der Waals surface area (Å²) in [6, 6.07) is 11.6. The van der Waals surface area contributed by atoms with E-state index >= 15 is 0 Å². The van der Waals surface area contributed by atoms with Crippen LogP contribution in [0.2, 0.25) is 0 Å². The van der Waals surface area contributed by atoms with Gasteiger partial charge in [-0.25, -0.2) is 0 Å². The molecule has 1 aromatic heterocycles. The number of ether oxygens (including phenoxy) is 3. The number of hydrogen-bond acceptors (Lipinski definition) is 5. The molecule has 21 heavy (non-hydrogen) atoms. The minimum absolute atomic E-state index is 0.456. The first kappa shape index (κ1) is 15.5. The Labute approximate surface area is 124 Å². The average Bonchev–Trinajstić information content (AvgIpc) is 2.92. The van der Waals surface area contributed by atoms with E-state index in [2.05, 4.69) is 5.16 Å². The van der Waals surface area contributed by atoms with Gasteiger partial charge in [-0.3, -0.25) is 0 Å². The van der Waals surface area contributed by atoms with Crippen molar-refractivity contribution in [1.29, 1.82) is 0 Å². The summed E-state index contributed by atoms with van der Waals surface area (Å²) in [5, 5.41) is 3.85. The van der Waals surface area contributed by atoms with E-state index in [9.17, 15) is 0 Å². The van der Waals surface area contributed by atoms with Crippen LogP contribution in [-0.4, -0.2) is 31.6 Å². The van der Waals surface area contributed by atoms with Crippen LogP contribution in [0.25, 0.3) is 0 Å². The SMILES string of the molecule is Cc1cc(COCCOCCCOc2ccccc2)no1. The zero-order valence-electron chi connectivity index (χ0n) is 12.3. The van der Waals surface area contributed by atoms with E-state index in [4.69, 9.17) is 18.7 Å². The first-order valence-electron chi connectivity index (χ1n) is 7.10. The van der Waals surface area contributed by atoms with Crippen LogP contribution in [0.3, 0.4) is 0 Å². The molecule has 0 fully saturated rings. The Balaban J connectivity index is 1.40. The molecule has 0 aliphatic heterocycles. The van der Waals surface area contributed by atoms with Crippen molar-refractivity contribution in [2.75, 3.05) is 26.4 Å². The number of rotatable bonds is 10. The highest BCUT2D eigenvalue weighted by molar-refractivity contribution is 5.20. The van der Waals surface area contributed by atoms with Crippen LogP contribution in [0, 0.1) is 6.92 Å². The largest absolute Gasteiger partial charge is 0.494 e. The molecular weight excluding hydrogens is 270 g/mol. The summed E-state index contributed by atoms with van der Waals surface area (Å²) in [5.41, 5.74) is 0.809. The Morgan fingerprint density at radius 1 is 1.00 bits per heavy atom. The van der Waals surface area contributed by atoms with Crippen molar-refractivity contribution >= 4 is 0 Å². The van der Waals surface area contributed by atoms with Gasteiger partial charge in [0.15, 0.2) is 0 Å². The van der Waals surface area contributed by atoms with E-state index in [1.54, 1.807) is 0 Å². The molecule has 2 aromatic rings. The highest BCUT2D eigenvalue weighted by Gasteiger charge is 1.99. The van der Waals surface area contributed by atoms with Crippen LogP contribution in [-0.2, 0) is 16.1 Å². The smallest absolute Gasteiger partial charge is 0.134 e. The molecule has 5 heteroatoms. The molecular formula is C16H21NO4. The molecule has 0 aliphatic rings. The number of aromatic nitrogens is 1. The number of para-hydroxylation sites is 1. The average molecular weight is 291 g/mol. The van der Waals surface area contributed by atoms with Gasteiger partial charge in [-0.2, -0.15) is 0 Å². The maximum absolute atomic E-state index is 5.56. The van der Waals surface area contributed by atoms with Gasteiger partial charge >= 0.3 is 0 Å². The molecule has 0 amide bonds. The summed E-state index contributed by atoms with van der Waals surface area (Å²) in [6.07, 6.45) is 0.859. The van der Waals surface area contributed by atoms with Crippen molar-refractivity contribution in [3.63, 3.8) is 0 Å². The number of nitrogens with zero attached hydrogens (tertiary/aromatic N) is 1. The fraction of sp³-hybridized carbons (Fsp3) is 0.438. The predicted molar refractivity (Wildman–Crippen MR) is 78.3 cm³/mol. The first-order chi connectivity index (χ1) is 10.3. The lowest BCUT2D eigenvalue weighted by Crippen LogP contribution is -2.08. The molecule has 0 saturated carbocycles. The van der Waals surface area contributed by atoms with Crippen LogP contribution >= 0.6 is 0 Å². The second-order valence-corrected chi connectivity index (χ2v) is 4.61. The lowest BCUT2D eigenvalue weighted by Gasteiger charge is -2.07. The molecule has 0 atom stereocenters. The van der Waals surface area contributed by atoms with Crippen molar-refractivity contribution in [1.82, 2.24) is 5.16 Å². The molecule has 0 aliphatic carbocycles. The molecule has 0 unspecified atom stereocenters. The third kappa shape index (κ3) is 6.42. The second kappa shape index (κ2) is 9.15. The minimum Gasteiger partial charge on any atom is -0.494 e. The summed E-state index contributed by atoms with van der Waals surface area (Å²) in [6.45, 7) is 4.75. The van der Waals surface area contributed by atoms with Crippen LogP contribution in [0.5, 0.6) is 5.75 Å². The Kier molecular flexibility index (Phi) is 6.77. The third-order valence-corrected chi connectivity index (χ3v) is 2.74. The van der Waals surface area contributed by atoms with Crippen molar-refractivity contribution in [3.8, 4) is 5.75 Å². The van der Waals surface area contributed by atoms with E-state index < -0.39 is 0 Å². The molecule has 0 saturated heterocycles. The van der Waals surface area contributed by atoms with Gasteiger partial charge in [0.2, 0.25) is 0 Å². The molecule has 0 radical (unpaired) electrons. The quantitative estimate of drug-likeness (QED) is 0.630. The Morgan fingerprint density at radius 2 is 1.81 bits per heavy atom.